The van der Waals surface area contributed by atoms with Crippen molar-refractivity contribution >= 4 is 5.91 Å². The fraction of sp³-hybridized carbons (Fsp3) is 0.350. The van der Waals surface area contributed by atoms with Crippen LogP contribution >= 0.6 is 0 Å². The van der Waals surface area contributed by atoms with E-state index in [1.54, 1.807) is 11.9 Å². The molecule has 6 nitrogen and oxygen atoms in total. The van der Waals surface area contributed by atoms with E-state index < -0.39 is 0 Å². The molecule has 3 aromatic rings. The van der Waals surface area contributed by atoms with Crippen LogP contribution in [0.2, 0.25) is 0 Å². The van der Waals surface area contributed by atoms with Gasteiger partial charge in [-0.2, -0.15) is 10.2 Å². The Morgan fingerprint density at radius 1 is 1.15 bits per heavy atom. The normalized spacial score (nSPS) is 10.9. The predicted molar refractivity (Wildman–Crippen MR) is 101 cm³/mol. The molecule has 3 rings (SSSR count). The average molecular weight is 351 g/mol. The van der Waals surface area contributed by atoms with Crippen molar-refractivity contribution in [1.29, 1.82) is 0 Å². The quantitative estimate of drug-likeness (QED) is 0.686. The number of nitrogens with zero attached hydrogens (tertiary/aromatic N) is 5. The lowest BCUT2D eigenvalue weighted by molar-refractivity contribution is 0.0783. The minimum absolute atomic E-state index is 0.00809. The summed E-state index contributed by atoms with van der Waals surface area (Å²) < 4.78 is 3.82. The Kier molecular flexibility index (Phi) is 5.21. The fourth-order valence-corrected chi connectivity index (χ4v) is 3.01. The molecule has 0 radical (unpaired) electrons. The number of hydrogen-bond acceptors (Lipinski definition) is 3. The third-order valence-corrected chi connectivity index (χ3v) is 4.38. The Morgan fingerprint density at radius 2 is 1.96 bits per heavy atom. The van der Waals surface area contributed by atoms with Gasteiger partial charge in [-0.1, -0.05) is 12.1 Å². The fourth-order valence-electron chi connectivity index (χ4n) is 3.01. The van der Waals surface area contributed by atoms with Gasteiger partial charge in [0.2, 0.25) is 0 Å². The summed E-state index contributed by atoms with van der Waals surface area (Å²) >= 11 is 0. The standard InChI is InChI=1S/C20H25N5O/c1-5-24-10-9-19(22-24)14-23(4)20(26)18-8-6-7-17(12-18)13-25-16(3)11-15(2)21-25/h6-12H,5,13-14H2,1-4H3. The number of rotatable bonds is 6. The van der Waals surface area contributed by atoms with Crippen LogP contribution in [0.25, 0.3) is 0 Å². The molecule has 136 valence electrons. The number of amides is 1. The third-order valence-electron chi connectivity index (χ3n) is 4.38. The number of carbonyl (C=O) groups is 1. The van der Waals surface area contributed by atoms with E-state index in [1.807, 2.05) is 66.7 Å². The summed E-state index contributed by atoms with van der Waals surface area (Å²) in [5.41, 5.74) is 4.75. The van der Waals surface area contributed by atoms with Crippen LogP contribution in [0, 0.1) is 13.8 Å². The smallest absolute Gasteiger partial charge is 0.253 e. The van der Waals surface area contributed by atoms with Crippen LogP contribution in [0.1, 0.15) is 39.9 Å². The number of hydrogen-bond donors (Lipinski definition) is 0. The molecule has 0 saturated carbocycles. The van der Waals surface area contributed by atoms with Crippen molar-refractivity contribution in [3.05, 3.63) is 70.8 Å². The lowest BCUT2D eigenvalue weighted by Crippen LogP contribution is -2.26. The van der Waals surface area contributed by atoms with Crippen LogP contribution in [0.4, 0.5) is 0 Å². The van der Waals surface area contributed by atoms with Crippen LogP contribution in [0.5, 0.6) is 0 Å². The molecule has 0 atom stereocenters. The van der Waals surface area contributed by atoms with E-state index in [-0.39, 0.29) is 5.91 Å². The zero-order chi connectivity index (χ0) is 18.7. The van der Waals surface area contributed by atoms with E-state index in [2.05, 4.69) is 16.3 Å². The van der Waals surface area contributed by atoms with Gasteiger partial charge in [-0.05, 0) is 50.6 Å². The largest absolute Gasteiger partial charge is 0.336 e. The average Bonchev–Trinajstić information content (AvgIpc) is 3.20. The lowest BCUT2D eigenvalue weighted by atomic mass is 10.1. The first-order valence-electron chi connectivity index (χ1n) is 8.84. The Hall–Kier alpha value is -2.89. The van der Waals surface area contributed by atoms with Gasteiger partial charge >= 0.3 is 0 Å². The van der Waals surface area contributed by atoms with Gasteiger partial charge in [0, 0.05) is 31.0 Å². The van der Waals surface area contributed by atoms with Crippen molar-refractivity contribution in [2.45, 2.75) is 40.4 Å². The molecule has 0 aliphatic carbocycles. The van der Waals surface area contributed by atoms with Gasteiger partial charge in [0.1, 0.15) is 0 Å². The van der Waals surface area contributed by atoms with Crippen LogP contribution in [-0.4, -0.2) is 37.4 Å². The zero-order valence-electron chi connectivity index (χ0n) is 15.8. The molecule has 0 spiro atoms. The minimum Gasteiger partial charge on any atom is -0.336 e. The topological polar surface area (TPSA) is 56.0 Å². The van der Waals surface area contributed by atoms with E-state index in [1.165, 1.54) is 0 Å². The molecule has 2 heterocycles. The predicted octanol–water partition coefficient (Wildman–Crippen LogP) is 3.04. The molecule has 1 amide bonds. The summed E-state index contributed by atoms with van der Waals surface area (Å²) in [6.45, 7) is 8.04. The number of aryl methyl sites for hydroxylation is 3. The van der Waals surface area contributed by atoms with Crippen LogP contribution in [0.3, 0.4) is 0 Å². The minimum atomic E-state index is -0.00809. The molecule has 0 fully saturated rings. The molecule has 0 aliphatic heterocycles. The highest BCUT2D eigenvalue weighted by molar-refractivity contribution is 5.94. The highest BCUT2D eigenvalue weighted by atomic mass is 16.2. The van der Waals surface area contributed by atoms with Gasteiger partial charge in [0.15, 0.2) is 0 Å². The number of carbonyl (C=O) groups excluding carboxylic acids is 1. The van der Waals surface area contributed by atoms with E-state index in [0.29, 0.717) is 18.7 Å². The maximum Gasteiger partial charge on any atom is 0.253 e. The Morgan fingerprint density at radius 3 is 2.62 bits per heavy atom. The van der Waals surface area contributed by atoms with Crippen molar-refractivity contribution in [3.8, 4) is 0 Å². The van der Waals surface area contributed by atoms with Crippen LogP contribution < -0.4 is 0 Å². The third kappa shape index (κ3) is 4.02. The Balaban J connectivity index is 1.71. The van der Waals surface area contributed by atoms with Crippen LogP contribution in [0.15, 0.2) is 42.6 Å². The van der Waals surface area contributed by atoms with Crippen LogP contribution in [-0.2, 0) is 19.6 Å². The summed E-state index contributed by atoms with van der Waals surface area (Å²) in [6.07, 6.45) is 1.93. The van der Waals surface area contributed by atoms with Crippen molar-refractivity contribution in [2.75, 3.05) is 7.05 Å². The van der Waals surface area contributed by atoms with Crippen molar-refractivity contribution < 1.29 is 4.79 Å². The summed E-state index contributed by atoms with van der Waals surface area (Å²) in [4.78, 5) is 14.5. The zero-order valence-corrected chi connectivity index (χ0v) is 15.8. The van der Waals surface area contributed by atoms with Gasteiger partial charge in [-0.15, -0.1) is 0 Å². The molecular weight excluding hydrogens is 326 g/mol. The molecule has 2 aromatic heterocycles. The summed E-state index contributed by atoms with van der Waals surface area (Å²) in [7, 11) is 1.81. The van der Waals surface area contributed by atoms with Gasteiger partial charge in [-0.3, -0.25) is 14.2 Å². The molecule has 0 saturated heterocycles. The second-order valence-corrected chi connectivity index (χ2v) is 6.61. The molecule has 0 bridgehead atoms. The maximum atomic E-state index is 12.8. The van der Waals surface area contributed by atoms with E-state index >= 15 is 0 Å². The molecule has 6 heteroatoms. The molecule has 26 heavy (non-hydrogen) atoms. The molecule has 0 N–H and O–H groups in total. The van der Waals surface area contributed by atoms with E-state index in [0.717, 1.165) is 29.2 Å². The number of benzene rings is 1. The first-order chi connectivity index (χ1) is 12.5. The molecule has 1 aromatic carbocycles. The van der Waals surface area contributed by atoms with Gasteiger partial charge in [-0.25, -0.2) is 0 Å². The molecule has 0 aliphatic rings. The van der Waals surface area contributed by atoms with Gasteiger partial charge in [0.05, 0.1) is 24.5 Å². The Labute approximate surface area is 154 Å². The van der Waals surface area contributed by atoms with Gasteiger partial charge < -0.3 is 4.90 Å². The Bertz CT molecular complexity index is 909. The van der Waals surface area contributed by atoms with Crippen molar-refractivity contribution in [2.24, 2.45) is 0 Å². The SMILES string of the molecule is CCn1ccc(CN(C)C(=O)c2cccc(Cn3nc(C)cc3C)c2)n1. The van der Waals surface area contributed by atoms with Crippen molar-refractivity contribution in [3.63, 3.8) is 0 Å². The second-order valence-electron chi connectivity index (χ2n) is 6.61. The monoisotopic (exact) mass is 351 g/mol. The first kappa shape index (κ1) is 17.9. The number of aromatic nitrogens is 4. The second kappa shape index (κ2) is 7.56. The van der Waals surface area contributed by atoms with E-state index in [4.69, 9.17) is 0 Å². The highest BCUT2D eigenvalue weighted by Gasteiger charge is 2.14. The lowest BCUT2D eigenvalue weighted by Gasteiger charge is -2.16. The maximum absolute atomic E-state index is 12.8. The van der Waals surface area contributed by atoms with E-state index in [9.17, 15) is 4.79 Å². The summed E-state index contributed by atoms with van der Waals surface area (Å²) in [5, 5.41) is 8.93. The molecular formula is C20H25N5O. The summed E-state index contributed by atoms with van der Waals surface area (Å²) in [5.74, 6) is -0.00809. The first-order valence-corrected chi connectivity index (χ1v) is 8.84. The van der Waals surface area contributed by atoms with Crippen molar-refractivity contribution in [1.82, 2.24) is 24.5 Å². The summed E-state index contributed by atoms with van der Waals surface area (Å²) in [6, 6.07) is 11.8. The van der Waals surface area contributed by atoms with Gasteiger partial charge in [0.25, 0.3) is 5.91 Å². The highest BCUT2D eigenvalue weighted by Crippen LogP contribution is 2.12. The molecule has 0 unspecified atom stereocenters.